The quantitative estimate of drug-likeness (QED) is 0.154. The molecule has 1 aliphatic rings. The molecule has 38 heavy (non-hydrogen) atoms. The number of carboxylic acids is 1. The van der Waals surface area contributed by atoms with Gasteiger partial charge in [-0.25, -0.2) is 15.2 Å². The van der Waals surface area contributed by atoms with Gasteiger partial charge in [0.05, 0.1) is 29.1 Å². The van der Waals surface area contributed by atoms with E-state index in [-0.39, 0.29) is 16.8 Å². The summed E-state index contributed by atoms with van der Waals surface area (Å²) < 4.78 is 0. The van der Waals surface area contributed by atoms with Crippen molar-refractivity contribution in [1.82, 2.24) is 5.48 Å². The lowest BCUT2D eigenvalue weighted by molar-refractivity contribution is -0.122. The number of carbonyl (C=O) groups is 4. The summed E-state index contributed by atoms with van der Waals surface area (Å²) in [5.41, 5.74) is 5.78. The third-order valence-corrected chi connectivity index (χ3v) is 6.21. The van der Waals surface area contributed by atoms with Crippen LogP contribution >= 0.6 is 15.9 Å². The van der Waals surface area contributed by atoms with E-state index < -0.39 is 23.7 Å². The zero-order chi connectivity index (χ0) is 27.4. The van der Waals surface area contributed by atoms with Gasteiger partial charge in [0.15, 0.2) is 0 Å². The molecule has 0 radical (unpaired) electrons. The van der Waals surface area contributed by atoms with Gasteiger partial charge in [-0.2, -0.15) is 0 Å². The molecule has 3 amide bonds. The number of aryl methyl sites for hydroxylation is 1. The molecule has 9 nitrogen and oxygen atoms in total. The van der Waals surface area contributed by atoms with Crippen LogP contribution in [0.5, 0.6) is 0 Å². The minimum Gasteiger partial charge on any atom is -0.478 e. The summed E-state index contributed by atoms with van der Waals surface area (Å²) >= 11 is 3.21. The van der Waals surface area contributed by atoms with Crippen LogP contribution in [0.3, 0.4) is 0 Å². The molecule has 0 aromatic heterocycles. The number of hydroxylamine groups is 1. The number of anilines is 2. The molecule has 0 aliphatic carbocycles. The predicted octanol–water partition coefficient (Wildman–Crippen LogP) is 4.62. The Labute approximate surface area is 227 Å². The number of nitrogens with one attached hydrogen (secondary N) is 2. The van der Waals surface area contributed by atoms with Crippen molar-refractivity contribution in [3.63, 3.8) is 0 Å². The lowest BCUT2D eigenvalue weighted by Gasteiger charge is -2.16. The Morgan fingerprint density at radius 3 is 2.29 bits per heavy atom. The van der Waals surface area contributed by atoms with Crippen LogP contribution in [-0.2, 0) is 14.4 Å². The Balaban J connectivity index is 1.82. The number of hydrogen-bond donors (Lipinski definition) is 3. The SMILES string of the molecule is CC(=O)N1C(=O)/C(=C(/Nc2ccc(C(=O)NOCCBr)cc2)c2ccccc2)c2cc(C)c(C(=O)O)cc21. The van der Waals surface area contributed by atoms with Crippen LogP contribution in [0.4, 0.5) is 11.4 Å². The standard InChI is InChI=1S/C28H24BrN3O6/c1-16-14-22-23(15-21(16)28(36)37)32(17(2)33)27(35)24(22)25(18-6-4-3-5-7-18)30-20-10-8-19(9-11-20)26(34)31-38-13-12-29/h3-11,14-15,30H,12-13H2,1-2H3,(H,31,34)(H,36,37)/b25-24+. The molecule has 0 saturated carbocycles. The number of benzene rings is 3. The highest BCUT2D eigenvalue weighted by Crippen LogP contribution is 2.42. The van der Waals surface area contributed by atoms with Crippen LogP contribution in [-0.4, -0.2) is 40.7 Å². The number of carboxylic acid groups (broad SMARTS) is 1. The maximum atomic E-state index is 13.7. The van der Waals surface area contributed by atoms with Crippen molar-refractivity contribution in [1.29, 1.82) is 0 Å². The molecule has 3 aromatic rings. The monoisotopic (exact) mass is 577 g/mol. The number of imide groups is 1. The van der Waals surface area contributed by atoms with Crippen molar-refractivity contribution in [2.24, 2.45) is 0 Å². The van der Waals surface area contributed by atoms with Gasteiger partial charge < -0.3 is 10.4 Å². The molecule has 4 rings (SSSR count). The topological polar surface area (TPSA) is 125 Å². The number of nitrogens with zero attached hydrogens (tertiary/aromatic N) is 1. The Morgan fingerprint density at radius 2 is 1.68 bits per heavy atom. The fourth-order valence-electron chi connectivity index (χ4n) is 4.15. The highest BCUT2D eigenvalue weighted by Gasteiger charge is 2.38. The first-order valence-corrected chi connectivity index (χ1v) is 12.7. The molecule has 0 atom stereocenters. The van der Waals surface area contributed by atoms with Gasteiger partial charge in [0.25, 0.3) is 11.8 Å². The molecule has 0 unspecified atom stereocenters. The van der Waals surface area contributed by atoms with E-state index >= 15 is 0 Å². The highest BCUT2D eigenvalue weighted by molar-refractivity contribution is 9.09. The van der Waals surface area contributed by atoms with Crippen molar-refractivity contribution < 1.29 is 29.1 Å². The second-order valence-corrected chi connectivity index (χ2v) is 9.23. The zero-order valence-electron chi connectivity index (χ0n) is 20.6. The van der Waals surface area contributed by atoms with Gasteiger partial charge in [0, 0.05) is 29.1 Å². The molecule has 194 valence electrons. The summed E-state index contributed by atoms with van der Waals surface area (Å²) in [5, 5.41) is 13.5. The fraction of sp³-hybridized carbons (Fsp3) is 0.143. The summed E-state index contributed by atoms with van der Waals surface area (Å²) in [5.74, 6) is -2.65. The predicted molar refractivity (Wildman–Crippen MR) is 147 cm³/mol. The molecule has 0 fully saturated rings. The zero-order valence-corrected chi connectivity index (χ0v) is 22.2. The van der Waals surface area contributed by atoms with Crippen molar-refractivity contribution >= 4 is 62.3 Å². The number of fused-ring (bicyclic) bond motifs is 1. The molecule has 10 heteroatoms. The van der Waals surface area contributed by atoms with Crippen molar-refractivity contribution in [3.8, 4) is 0 Å². The van der Waals surface area contributed by atoms with E-state index in [1.54, 1.807) is 37.3 Å². The van der Waals surface area contributed by atoms with Gasteiger partial charge in [-0.15, -0.1) is 0 Å². The lowest BCUT2D eigenvalue weighted by Crippen LogP contribution is -2.31. The number of amides is 3. The van der Waals surface area contributed by atoms with E-state index in [0.717, 1.165) is 4.90 Å². The van der Waals surface area contributed by atoms with Gasteiger partial charge >= 0.3 is 5.97 Å². The van der Waals surface area contributed by atoms with Crippen molar-refractivity contribution in [3.05, 3.63) is 94.5 Å². The molecule has 3 aromatic carbocycles. The first kappa shape index (κ1) is 26.8. The molecule has 0 spiro atoms. The molecule has 1 heterocycles. The van der Waals surface area contributed by atoms with Crippen LogP contribution in [0.25, 0.3) is 11.3 Å². The summed E-state index contributed by atoms with van der Waals surface area (Å²) in [6.45, 7) is 3.22. The minimum absolute atomic E-state index is 0.00671. The summed E-state index contributed by atoms with van der Waals surface area (Å²) in [6, 6.07) is 18.7. The van der Waals surface area contributed by atoms with Crippen molar-refractivity contribution in [2.45, 2.75) is 13.8 Å². The second-order valence-electron chi connectivity index (χ2n) is 8.44. The van der Waals surface area contributed by atoms with Gasteiger partial charge in [0.2, 0.25) is 5.91 Å². The first-order chi connectivity index (χ1) is 18.2. The average molecular weight is 578 g/mol. The molecule has 3 N–H and O–H groups in total. The van der Waals surface area contributed by atoms with Crippen LogP contribution in [0.1, 0.15) is 44.3 Å². The minimum atomic E-state index is -1.15. The summed E-state index contributed by atoms with van der Waals surface area (Å²) in [6.07, 6.45) is 0. The van der Waals surface area contributed by atoms with Crippen LogP contribution in [0.15, 0.2) is 66.7 Å². The second kappa shape index (κ2) is 11.4. The number of halogens is 1. The molecule has 0 saturated heterocycles. The maximum Gasteiger partial charge on any atom is 0.336 e. The Hall–Kier alpha value is -4.28. The van der Waals surface area contributed by atoms with E-state index in [9.17, 15) is 24.3 Å². The Bertz CT molecular complexity index is 1450. The highest BCUT2D eigenvalue weighted by atomic mass is 79.9. The van der Waals surface area contributed by atoms with Crippen LogP contribution < -0.4 is 15.7 Å². The number of alkyl halides is 1. The number of hydrogen-bond acceptors (Lipinski definition) is 6. The number of rotatable bonds is 8. The van der Waals surface area contributed by atoms with E-state index in [1.807, 2.05) is 30.3 Å². The fourth-order valence-corrected chi connectivity index (χ4v) is 4.31. The smallest absolute Gasteiger partial charge is 0.336 e. The van der Waals surface area contributed by atoms with Crippen molar-refractivity contribution in [2.75, 3.05) is 22.2 Å². The maximum absolute atomic E-state index is 13.7. The van der Waals surface area contributed by atoms with E-state index in [1.165, 1.54) is 13.0 Å². The van der Waals surface area contributed by atoms with Gasteiger partial charge in [-0.1, -0.05) is 46.3 Å². The lowest BCUT2D eigenvalue weighted by atomic mass is 9.96. The van der Waals surface area contributed by atoms with Gasteiger partial charge in [-0.3, -0.25) is 19.2 Å². The first-order valence-electron chi connectivity index (χ1n) is 11.6. The average Bonchev–Trinajstić information content (AvgIpc) is 3.18. The molecule has 0 bridgehead atoms. The summed E-state index contributed by atoms with van der Waals surface area (Å²) in [4.78, 5) is 56.2. The van der Waals surface area contributed by atoms with E-state index in [2.05, 4.69) is 26.7 Å². The Kier molecular flexibility index (Phi) is 8.04. The van der Waals surface area contributed by atoms with E-state index in [0.29, 0.717) is 45.6 Å². The number of carbonyl (C=O) groups excluding carboxylic acids is 3. The molecular weight excluding hydrogens is 554 g/mol. The third kappa shape index (κ3) is 5.36. The van der Waals surface area contributed by atoms with Crippen LogP contribution in [0.2, 0.25) is 0 Å². The van der Waals surface area contributed by atoms with Gasteiger partial charge in [0.1, 0.15) is 0 Å². The molecule has 1 aliphatic heterocycles. The third-order valence-electron chi connectivity index (χ3n) is 5.89. The van der Waals surface area contributed by atoms with Gasteiger partial charge in [-0.05, 0) is 54.4 Å². The number of aromatic carboxylic acids is 1. The van der Waals surface area contributed by atoms with E-state index in [4.69, 9.17) is 4.84 Å². The normalized spacial score (nSPS) is 13.7. The Morgan fingerprint density at radius 1 is 1.00 bits per heavy atom. The van der Waals surface area contributed by atoms with Crippen LogP contribution in [0, 0.1) is 6.92 Å². The summed E-state index contributed by atoms with van der Waals surface area (Å²) in [7, 11) is 0. The molecular formula is C28H24BrN3O6. The largest absolute Gasteiger partial charge is 0.478 e.